The predicted octanol–water partition coefficient (Wildman–Crippen LogP) is 5.33. The molecule has 2 rings (SSSR count). The van der Waals surface area contributed by atoms with E-state index in [1.165, 1.54) is 0 Å². The van der Waals surface area contributed by atoms with Gasteiger partial charge in [-0.05, 0) is 37.6 Å². The summed E-state index contributed by atoms with van der Waals surface area (Å²) in [5.41, 5.74) is 3.76. The number of pyridine rings is 1. The third kappa shape index (κ3) is 2.57. The first-order chi connectivity index (χ1) is 7.99. The second kappa shape index (κ2) is 4.85. The van der Waals surface area contributed by atoms with E-state index in [1.54, 1.807) is 6.07 Å². The van der Waals surface area contributed by atoms with Gasteiger partial charge in [0.25, 0.3) is 0 Å². The van der Waals surface area contributed by atoms with E-state index in [0.29, 0.717) is 15.1 Å². The number of nitrogens with zero attached hydrogens (tertiary/aromatic N) is 1. The number of rotatable bonds is 1. The molecule has 1 aromatic heterocycles. The summed E-state index contributed by atoms with van der Waals surface area (Å²) in [7, 11) is 0. The van der Waals surface area contributed by atoms with Gasteiger partial charge in [0.2, 0.25) is 0 Å². The second-order valence-electron chi connectivity index (χ2n) is 3.86. The van der Waals surface area contributed by atoms with Crippen molar-refractivity contribution in [3.05, 3.63) is 50.7 Å². The molecule has 0 aliphatic heterocycles. The number of aromatic nitrogens is 1. The number of halogens is 3. The number of aryl methyl sites for hydroxylation is 2. The molecule has 2 aromatic rings. The summed E-state index contributed by atoms with van der Waals surface area (Å²) in [4.78, 5) is 4.33. The van der Waals surface area contributed by atoms with Crippen LogP contribution in [0.15, 0.2) is 24.3 Å². The highest BCUT2D eigenvalue weighted by molar-refractivity contribution is 6.49. The summed E-state index contributed by atoms with van der Waals surface area (Å²) < 4.78 is 0. The molecule has 0 aliphatic carbocycles. The first-order valence-corrected chi connectivity index (χ1v) is 6.21. The van der Waals surface area contributed by atoms with Crippen molar-refractivity contribution < 1.29 is 0 Å². The van der Waals surface area contributed by atoms with Gasteiger partial charge in [-0.25, -0.2) is 0 Å². The minimum atomic E-state index is 0.387. The molecule has 0 aliphatic rings. The largest absolute Gasteiger partial charge is 0.258 e. The number of hydrogen-bond donors (Lipinski definition) is 0. The Balaban J connectivity index is 2.64. The van der Waals surface area contributed by atoms with Crippen LogP contribution in [0, 0.1) is 13.8 Å². The van der Waals surface area contributed by atoms with Crippen LogP contribution in [-0.4, -0.2) is 4.98 Å². The molecular formula is C13H10Cl3N. The van der Waals surface area contributed by atoms with Crippen LogP contribution in [0.1, 0.15) is 11.4 Å². The summed E-state index contributed by atoms with van der Waals surface area (Å²) in [5.74, 6) is 0. The molecule has 17 heavy (non-hydrogen) atoms. The fraction of sp³-hybridized carbons (Fsp3) is 0.154. The maximum absolute atomic E-state index is 6.20. The van der Waals surface area contributed by atoms with E-state index < -0.39 is 0 Å². The number of hydrogen-bond acceptors (Lipinski definition) is 1. The Hall–Kier alpha value is -0.760. The van der Waals surface area contributed by atoms with Crippen LogP contribution >= 0.6 is 34.8 Å². The molecule has 0 bridgehead atoms. The normalized spacial score (nSPS) is 10.6. The van der Waals surface area contributed by atoms with Crippen LogP contribution in [-0.2, 0) is 0 Å². The zero-order chi connectivity index (χ0) is 12.6. The zero-order valence-electron chi connectivity index (χ0n) is 9.39. The molecule has 0 spiro atoms. The molecule has 0 amide bonds. The van der Waals surface area contributed by atoms with Gasteiger partial charge in [0, 0.05) is 17.0 Å². The second-order valence-corrected chi connectivity index (χ2v) is 5.02. The average molecular weight is 287 g/mol. The van der Waals surface area contributed by atoms with Gasteiger partial charge in [0.1, 0.15) is 0 Å². The molecule has 1 aromatic carbocycles. The van der Waals surface area contributed by atoms with Gasteiger partial charge in [0.05, 0.1) is 15.1 Å². The van der Waals surface area contributed by atoms with Gasteiger partial charge in [0.15, 0.2) is 0 Å². The summed E-state index contributed by atoms with van der Waals surface area (Å²) in [6.07, 6.45) is 0. The minimum Gasteiger partial charge on any atom is -0.258 e. The highest BCUT2D eigenvalue weighted by atomic mass is 35.5. The van der Waals surface area contributed by atoms with Crippen molar-refractivity contribution in [2.45, 2.75) is 13.8 Å². The SMILES string of the molecule is Cc1cc(-c2ccc(Cl)c(Cl)c2Cl)cc(C)n1. The predicted molar refractivity (Wildman–Crippen MR) is 74.2 cm³/mol. The van der Waals surface area contributed by atoms with E-state index in [4.69, 9.17) is 34.8 Å². The molecular weight excluding hydrogens is 277 g/mol. The molecule has 88 valence electrons. The summed E-state index contributed by atoms with van der Waals surface area (Å²) in [5, 5.41) is 1.32. The van der Waals surface area contributed by atoms with Crippen molar-refractivity contribution in [2.75, 3.05) is 0 Å². The van der Waals surface area contributed by atoms with Crippen molar-refractivity contribution >= 4 is 34.8 Å². The highest BCUT2D eigenvalue weighted by Crippen LogP contribution is 2.38. The molecule has 0 saturated heterocycles. The molecule has 1 nitrogen and oxygen atoms in total. The summed E-state index contributed by atoms with van der Waals surface area (Å²) >= 11 is 18.1. The molecule has 0 atom stereocenters. The van der Waals surface area contributed by atoms with Crippen LogP contribution in [0.4, 0.5) is 0 Å². The topological polar surface area (TPSA) is 12.9 Å². The fourth-order valence-corrected chi connectivity index (χ4v) is 2.38. The van der Waals surface area contributed by atoms with Crippen molar-refractivity contribution in [2.24, 2.45) is 0 Å². The fourth-order valence-electron chi connectivity index (χ4n) is 1.74. The van der Waals surface area contributed by atoms with Crippen LogP contribution in [0.25, 0.3) is 11.1 Å². The molecule has 0 N–H and O–H groups in total. The Bertz CT molecular complexity index is 559. The third-order valence-electron chi connectivity index (χ3n) is 2.43. The van der Waals surface area contributed by atoms with Crippen molar-refractivity contribution in [1.82, 2.24) is 4.98 Å². The standard InChI is InChI=1S/C13H10Cl3N/c1-7-5-9(6-8(2)17-7)10-3-4-11(14)13(16)12(10)15/h3-6H,1-2H3. The van der Waals surface area contributed by atoms with E-state index in [1.807, 2.05) is 32.0 Å². The van der Waals surface area contributed by atoms with Gasteiger partial charge in [-0.2, -0.15) is 0 Å². The van der Waals surface area contributed by atoms with Crippen molar-refractivity contribution in [3.8, 4) is 11.1 Å². The summed E-state index contributed by atoms with van der Waals surface area (Å²) in [6, 6.07) is 7.55. The Labute approximate surface area is 115 Å². The lowest BCUT2D eigenvalue weighted by Crippen LogP contribution is -1.89. The zero-order valence-corrected chi connectivity index (χ0v) is 11.7. The lowest BCUT2D eigenvalue weighted by molar-refractivity contribution is 1.12. The third-order valence-corrected chi connectivity index (χ3v) is 3.72. The van der Waals surface area contributed by atoms with Crippen LogP contribution in [0.3, 0.4) is 0 Å². The van der Waals surface area contributed by atoms with Crippen LogP contribution < -0.4 is 0 Å². The average Bonchev–Trinajstić information content (AvgIpc) is 2.24. The first kappa shape index (κ1) is 12.7. The van der Waals surface area contributed by atoms with Crippen molar-refractivity contribution in [1.29, 1.82) is 0 Å². The number of benzene rings is 1. The van der Waals surface area contributed by atoms with Crippen LogP contribution in [0.2, 0.25) is 15.1 Å². The Kier molecular flexibility index (Phi) is 3.62. The Morgan fingerprint density at radius 3 is 2.06 bits per heavy atom. The van der Waals surface area contributed by atoms with Crippen molar-refractivity contribution in [3.63, 3.8) is 0 Å². The summed E-state index contributed by atoms with van der Waals surface area (Å²) in [6.45, 7) is 3.89. The maximum atomic E-state index is 6.20. The van der Waals surface area contributed by atoms with E-state index in [9.17, 15) is 0 Å². The van der Waals surface area contributed by atoms with Gasteiger partial charge < -0.3 is 0 Å². The highest BCUT2D eigenvalue weighted by Gasteiger charge is 2.11. The quantitative estimate of drug-likeness (QED) is 0.646. The Morgan fingerprint density at radius 2 is 1.47 bits per heavy atom. The molecule has 4 heteroatoms. The maximum Gasteiger partial charge on any atom is 0.0784 e. The van der Waals surface area contributed by atoms with Gasteiger partial charge >= 0.3 is 0 Å². The van der Waals surface area contributed by atoms with E-state index >= 15 is 0 Å². The van der Waals surface area contributed by atoms with E-state index in [-0.39, 0.29) is 0 Å². The van der Waals surface area contributed by atoms with Gasteiger partial charge in [-0.3, -0.25) is 4.98 Å². The smallest absolute Gasteiger partial charge is 0.0784 e. The Morgan fingerprint density at radius 1 is 0.882 bits per heavy atom. The first-order valence-electron chi connectivity index (χ1n) is 5.08. The molecule has 1 heterocycles. The molecule has 0 radical (unpaired) electrons. The lowest BCUT2D eigenvalue weighted by atomic mass is 10.1. The van der Waals surface area contributed by atoms with E-state index in [0.717, 1.165) is 22.5 Å². The molecule has 0 saturated carbocycles. The molecule has 0 fully saturated rings. The minimum absolute atomic E-state index is 0.387. The lowest BCUT2D eigenvalue weighted by Gasteiger charge is -2.09. The van der Waals surface area contributed by atoms with Gasteiger partial charge in [-0.1, -0.05) is 40.9 Å². The monoisotopic (exact) mass is 285 g/mol. The van der Waals surface area contributed by atoms with Crippen LogP contribution in [0.5, 0.6) is 0 Å². The van der Waals surface area contributed by atoms with Gasteiger partial charge in [-0.15, -0.1) is 0 Å². The van der Waals surface area contributed by atoms with E-state index in [2.05, 4.69) is 4.98 Å². The molecule has 0 unspecified atom stereocenters.